The van der Waals surface area contributed by atoms with Crippen molar-refractivity contribution in [1.29, 1.82) is 0 Å². The molecule has 108 valence electrons. The molecule has 0 aromatic carbocycles. The Morgan fingerprint density at radius 3 is 2.84 bits per heavy atom. The van der Waals surface area contributed by atoms with Crippen molar-refractivity contribution in [2.24, 2.45) is 5.73 Å². The second-order valence-corrected chi connectivity index (χ2v) is 4.95. The predicted octanol–water partition coefficient (Wildman–Crippen LogP) is 0.962. The van der Waals surface area contributed by atoms with Gasteiger partial charge in [0.05, 0.1) is 12.6 Å². The Labute approximate surface area is 114 Å². The molecule has 0 aliphatic carbocycles. The molecule has 2 N–H and O–H groups in total. The zero-order valence-corrected chi connectivity index (χ0v) is 11.7. The minimum Gasteiger partial charge on any atom is -0.378 e. The molecule has 1 saturated heterocycles. The third kappa shape index (κ3) is 4.56. The van der Waals surface area contributed by atoms with Crippen LogP contribution in [-0.2, 0) is 17.7 Å². The van der Waals surface area contributed by atoms with Crippen molar-refractivity contribution in [1.82, 2.24) is 15.0 Å². The van der Waals surface area contributed by atoms with Crippen LogP contribution < -0.4 is 5.73 Å². The smallest absolute Gasteiger partial charge is 0.226 e. The monoisotopic (exact) mass is 268 g/mol. The predicted molar refractivity (Wildman–Crippen MR) is 71.6 cm³/mol. The van der Waals surface area contributed by atoms with Crippen LogP contribution in [0.3, 0.4) is 0 Å². The van der Waals surface area contributed by atoms with Crippen LogP contribution in [0.25, 0.3) is 0 Å². The van der Waals surface area contributed by atoms with Gasteiger partial charge in [-0.25, -0.2) is 0 Å². The third-order valence-electron chi connectivity index (χ3n) is 3.41. The molecule has 0 spiro atoms. The summed E-state index contributed by atoms with van der Waals surface area (Å²) in [5, 5.41) is 3.99. The van der Waals surface area contributed by atoms with E-state index >= 15 is 0 Å². The normalized spacial score (nSPS) is 18.0. The number of hydrogen-bond acceptors (Lipinski definition) is 6. The van der Waals surface area contributed by atoms with Crippen molar-refractivity contribution in [3.8, 4) is 0 Å². The van der Waals surface area contributed by atoms with Gasteiger partial charge in [-0.1, -0.05) is 12.1 Å². The Kier molecular flexibility index (Phi) is 5.75. The van der Waals surface area contributed by atoms with Crippen LogP contribution >= 0.6 is 0 Å². The Bertz CT molecular complexity index is 361. The van der Waals surface area contributed by atoms with Gasteiger partial charge in [-0.05, 0) is 25.8 Å². The second-order valence-electron chi connectivity index (χ2n) is 4.95. The van der Waals surface area contributed by atoms with E-state index in [9.17, 15) is 0 Å². The Balaban J connectivity index is 1.68. The van der Waals surface area contributed by atoms with Crippen molar-refractivity contribution in [3.05, 3.63) is 11.7 Å². The van der Waals surface area contributed by atoms with Gasteiger partial charge in [-0.15, -0.1) is 0 Å². The minimum atomic E-state index is 0.388. The summed E-state index contributed by atoms with van der Waals surface area (Å²) in [5.74, 6) is 1.51. The number of hydrogen-bond donors (Lipinski definition) is 1. The summed E-state index contributed by atoms with van der Waals surface area (Å²) in [4.78, 5) is 6.69. The number of aryl methyl sites for hydroxylation is 1. The van der Waals surface area contributed by atoms with Crippen molar-refractivity contribution in [2.75, 3.05) is 26.2 Å². The average molecular weight is 268 g/mol. The fraction of sp³-hybridized carbons (Fsp3) is 0.846. The molecule has 1 aliphatic heterocycles. The minimum absolute atomic E-state index is 0.388. The lowest BCUT2D eigenvalue weighted by atomic mass is 10.1. The molecule has 1 aliphatic rings. The van der Waals surface area contributed by atoms with Crippen LogP contribution in [0.4, 0.5) is 0 Å². The first kappa shape index (κ1) is 14.4. The quantitative estimate of drug-likeness (QED) is 0.742. The van der Waals surface area contributed by atoms with E-state index in [2.05, 4.69) is 15.0 Å². The summed E-state index contributed by atoms with van der Waals surface area (Å²) < 4.78 is 10.9. The first-order chi connectivity index (χ1) is 9.31. The topological polar surface area (TPSA) is 77.4 Å². The fourth-order valence-electron chi connectivity index (χ4n) is 2.27. The molecule has 1 fully saturated rings. The summed E-state index contributed by atoms with van der Waals surface area (Å²) in [7, 11) is 0. The third-order valence-corrected chi connectivity index (χ3v) is 3.41. The fourth-order valence-corrected chi connectivity index (χ4v) is 2.27. The van der Waals surface area contributed by atoms with Gasteiger partial charge in [0.2, 0.25) is 5.89 Å². The van der Waals surface area contributed by atoms with E-state index in [4.69, 9.17) is 15.0 Å². The molecule has 6 nitrogen and oxygen atoms in total. The van der Waals surface area contributed by atoms with Crippen molar-refractivity contribution in [3.63, 3.8) is 0 Å². The number of nitrogens with zero attached hydrogens (tertiary/aromatic N) is 3. The maximum absolute atomic E-state index is 5.79. The van der Waals surface area contributed by atoms with Crippen LogP contribution in [0.5, 0.6) is 0 Å². The molecule has 6 heteroatoms. The van der Waals surface area contributed by atoms with E-state index in [0.29, 0.717) is 12.6 Å². The summed E-state index contributed by atoms with van der Waals surface area (Å²) >= 11 is 0. The van der Waals surface area contributed by atoms with Gasteiger partial charge >= 0.3 is 0 Å². The lowest BCUT2D eigenvalue weighted by Crippen LogP contribution is -2.37. The SMILES string of the molecule is CCc1nc(CN2CCC(OCCCN)CC2)no1. The number of ether oxygens (including phenoxy) is 1. The van der Waals surface area contributed by atoms with Crippen molar-refractivity contribution in [2.45, 2.75) is 45.3 Å². The van der Waals surface area contributed by atoms with E-state index in [1.807, 2.05) is 6.92 Å². The molecular formula is C13H24N4O2. The molecule has 0 unspecified atom stereocenters. The second kappa shape index (κ2) is 7.57. The van der Waals surface area contributed by atoms with Gasteiger partial charge in [-0.3, -0.25) is 4.90 Å². The Morgan fingerprint density at radius 1 is 1.42 bits per heavy atom. The van der Waals surface area contributed by atoms with Gasteiger partial charge in [0, 0.05) is 26.1 Å². The van der Waals surface area contributed by atoms with E-state index in [0.717, 1.165) is 63.6 Å². The molecule has 0 radical (unpaired) electrons. The summed E-state index contributed by atoms with van der Waals surface area (Å²) in [6.45, 7) is 6.34. The lowest BCUT2D eigenvalue weighted by Gasteiger charge is -2.30. The molecule has 1 aromatic rings. The molecule has 19 heavy (non-hydrogen) atoms. The van der Waals surface area contributed by atoms with E-state index < -0.39 is 0 Å². The first-order valence-electron chi connectivity index (χ1n) is 7.17. The molecule has 0 saturated carbocycles. The van der Waals surface area contributed by atoms with Crippen molar-refractivity contribution >= 4 is 0 Å². The van der Waals surface area contributed by atoms with E-state index in [1.54, 1.807) is 0 Å². The van der Waals surface area contributed by atoms with Crippen LogP contribution in [0, 0.1) is 0 Å². The number of nitrogens with two attached hydrogens (primary N) is 1. The zero-order chi connectivity index (χ0) is 13.5. The Hall–Kier alpha value is -0.980. The van der Waals surface area contributed by atoms with Crippen LogP contribution in [0.2, 0.25) is 0 Å². The number of rotatable bonds is 7. The number of piperidine rings is 1. The summed E-state index contributed by atoms with van der Waals surface area (Å²) in [6, 6.07) is 0. The highest BCUT2D eigenvalue weighted by atomic mass is 16.5. The van der Waals surface area contributed by atoms with Crippen LogP contribution in [0.15, 0.2) is 4.52 Å². The molecular weight excluding hydrogens is 244 g/mol. The van der Waals surface area contributed by atoms with Gasteiger partial charge in [0.15, 0.2) is 5.82 Å². The molecule has 2 rings (SSSR count). The van der Waals surface area contributed by atoms with E-state index in [1.165, 1.54) is 0 Å². The highest BCUT2D eigenvalue weighted by Crippen LogP contribution is 2.15. The molecule has 0 atom stereocenters. The van der Waals surface area contributed by atoms with Gasteiger partial charge < -0.3 is 15.0 Å². The Morgan fingerprint density at radius 2 is 2.21 bits per heavy atom. The average Bonchev–Trinajstić information content (AvgIpc) is 2.89. The standard InChI is InChI=1S/C13H24N4O2/c1-2-13-15-12(16-19-13)10-17-7-4-11(5-8-17)18-9-3-6-14/h11H,2-10,14H2,1H3. The molecule has 2 heterocycles. The van der Waals surface area contributed by atoms with Crippen LogP contribution in [0.1, 0.15) is 37.9 Å². The highest BCUT2D eigenvalue weighted by molar-refractivity contribution is 4.87. The van der Waals surface area contributed by atoms with Crippen molar-refractivity contribution < 1.29 is 9.26 Å². The summed E-state index contributed by atoms with van der Waals surface area (Å²) in [5.41, 5.74) is 5.45. The lowest BCUT2D eigenvalue weighted by molar-refractivity contribution is 0.00505. The van der Waals surface area contributed by atoms with Gasteiger partial charge in [0.1, 0.15) is 0 Å². The zero-order valence-electron chi connectivity index (χ0n) is 11.7. The van der Waals surface area contributed by atoms with E-state index in [-0.39, 0.29) is 0 Å². The number of aromatic nitrogens is 2. The maximum Gasteiger partial charge on any atom is 0.226 e. The largest absolute Gasteiger partial charge is 0.378 e. The molecule has 1 aromatic heterocycles. The van der Waals surface area contributed by atoms with Gasteiger partial charge in [-0.2, -0.15) is 4.98 Å². The number of likely N-dealkylation sites (tertiary alicyclic amines) is 1. The molecule has 0 bridgehead atoms. The summed E-state index contributed by atoms with van der Waals surface area (Å²) in [6.07, 6.45) is 4.28. The molecule has 0 amide bonds. The van der Waals surface area contributed by atoms with Gasteiger partial charge in [0.25, 0.3) is 0 Å². The van der Waals surface area contributed by atoms with Crippen LogP contribution in [-0.4, -0.2) is 47.4 Å². The first-order valence-corrected chi connectivity index (χ1v) is 7.17. The highest BCUT2D eigenvalue weighted by Gasteiger charge is 2.20. The maximum atomic E-state index is 5.79.